The second kappa shape index (κ2) is 9.24. The van der Waals surface area contributed by atoms with Crippen molar-refractivity contribution in [1.29, 1.82) is 0 Å². The molecule has 0 N–H and O–H groups in total. The number of rotatable bonds is 2. The molecule has 2 heteroatoms. The molecule has 0 aliphatic heterocycles. The van der Waals surface area contributed by atoms with E-state index in [0.29, 0.717) is 0 Å². The first kappa shape index (κ1) is 9.91. The maximum absolute atomic E-state index is 4.83. The molecule has 0 saturated heterocycles. The van der Waals surface area contributed by atoms with E-state index in [1.54, 1.807) is 0 Å². The summed E-state index contributed by atoms with van der Waals surface area (Å²) in [6.07, 6.45) is 0. The number of hydrogen-bond acceptors (Lipinski definition) is 1. The van der Waals surface area contributed by atoms with Gasteiger partial charge in [0.25, 0.3) is 0 Å². The Bertz CT molecular complexity index is 15.0. The van der Waals surface area contributed by atoms with Crippen LogP contribution in [0.1, 0.15) is 13.8 Å². The van der Waals surface area contributed by atoms with Crippen LogP contribution in [0.3, 0.4) is 0 Å². The molecule has 0 aliphatic rings. The van der Waals surface area contributed by atoms with Crippen LogP contribution in [0.4, 0.5) is 0 Å². The van der Waals surface area contributed by atoms with Crippen LogP contribution < -0.4 is 0 Å². The maximum atomic E-state index is 4.83. The van der Waals surface area contributed by atoms with Crippen LogP contribution in [0.25, 0.3) is 0 Å². The normalized spacial score (nSPS) is 7.00. The Morgan fingerprint density at radius 3 is 1.50 bits per heavy atom. The van der Waals surface area contributed by atoms with E-state index >= 15 is 0 Å². The SMILES string of the molecule is CCOCC.[Sb+3]. The van der Waals surface area contributed by atoms with E-state index in [4.69, 9.17) is 4.74 Å². The molecule has 0 unspecified atom stereocenters. The fraction of sp³-hybridized carbons (Fsp3) is 1.00. The van der Waals surface area contributed by atoms with E-state index in [-0.39, 0.29) is 24.4 Å². The first-order valence-corrected chi connectivity index (χ1v) is 1.99. The fourth-order valence-corrected chi connectivity index (χ4v) is 0.204. The minimum absolute atomic E-state index is 0. The van der Waals surface area contributed by atoms with Crippen molar-refractivity contribution in [2.24, 2.45) is 0 Å². The molecule has 0 amide bonds. The van der Waals surface area contributed by atoms with E-state index in [1.165, 1.54) is 0 Å². The standard InChI is InChI=1S/C4H10O.Sb/c1-3-5-4-2;/h3-4H2,1-2H3;/q;+3. The largest absolute Gasteiger partial charge is 3.00 e. The molecule has 6 heavy (non-hydrogen) atoms. The van der Waals surface area contributed by atoms with Gasteiger partial charge in [-0.15, -0.1) is 0 Å². The van der Waals surface area contributed by atoms with Crippen LogP contribution in [0.2, 0.25) is 0 Å². The molecule has 0 saturated carbocycles. The van der Waals surface area contributed by atoms with Crippen molar-refractivity contribution in [3.05, 3.63) is 0 Å². The minimum Gasteiger partial charge on any atom is -0.382 e. The summed E-state index contributed by atoms with van der Waals surface area (Å²) in [5.74, 6) is 0. The van der Waals surface area contributed by atoms with Crippen molar-refractivity contribution >= 4 is 24.4 Å². The molecule has 0 rings (SSSR count). The van der Waals surface area contributed by atoms with Crippen LogP contribution >= 0.6 is 0 Å². The Kier molecular flexibility index (Phi) is 15.3. The predicted octanol–water partition coefficient (Wildman–Crippen LogP) is 0.662. The Hall–Kier alpha value is 0.778. The van der Waals surface area contributed by atoms with E-state index in [1.807, 2.05) is 13.8 Å². The summed E-state index contributed by atoms with van der Waals surface area (Å²) in [5.41, 5.74) is 0. The summed E-state index contributed by atoms with van der Waals surface area (Å²) in [4.78, 5) is 0. The van der Waals surface area contributed by atoms with Crippen LogP contribution in [0.5, 0.6) is 0 Å². The zero-order valence-electron chi connectivity index (χ0n) is 4.27. The van der Waals surface area contributed by atoms with E-state index in [0.717, 1.165) is 13.2 Å². The van der Waals surface area contributed by atoms with Gasteiger partial charge in [0.15, 0.2) is 0 Å². The average molecular weight is 196 g/mol. The molecular weight excluding hydrogens is 186 g/mol. The van der Waals surface area contributed by atoms with E-state index in [2.05, 4.69) is 0 Å². The molecule has 34 valence electrons. The molecule has 0 aromatic rings. The summed E-state index contributed by atoms with van der Waals surface area (Å²) in [6, 6.07) is 0. The third kappa shape index (κ3) is 8.84. The Morgan fingerprint density at radius 2 is 1.50 bits per heavy atom. The predicted molar refractivity (Wildman–Crippen MR) is 27.9 cm³/mol. The first-order valence-electron chi connectivity index (χ1n) is 1.99. The first-order chi connectivity index (χ1) is 2.41. The second-order valence-corrected chi connectivity index (χ2v) is 0.781. The average Bonchev–Trinajstić information content (AvgIpc) is 1.41. The Morgan fingerprint density at radius 1 is 1.17 bits per heavy atom. The summed E-state index contributed by atoms with van der Waals surface area (Å²) >= 11 is 0. The molecular formula is C4H10OSb+3. The van der Waals surface area contributed by atoms with Crippen molar-refractivity contribution in [3.63, 3.8) is 0 Å². The van der Waals surface area contributed by atoms with Crippen molar-refractivity contribution in [1.82, 2.24) is 0 Å². The monoisotopic (exact) mass is 195 g/mol. The van der Waals surface area contributed by atoms with E-state index < -0.39 is 0 Å². The summed E-state index contributed by atoms with van der Waals surface area (Å²) in [7, 11) is 0. The van der Waals surface area contributed by atoms with Gasteiger partial charge in [-0.3, -0.25) is 0 Å². The second-order valence-electron chi connectivity index (χ2n) is 0.781. The molecule has 0 aromatic heterocycles. The summed E-state index contributed by atoms with van der Waals surface area (Å²) in [5, 5.41) is 0. The van der Waals surface area contributed by atoms with Gasteiger partial charge in [0.2, 0.25) is 0 Å². The van der Waals surface area contributed by atoms with Gasteiger partial charge in [-0.1, -0.05) is 0 Å². The van der Waals surface area contributed by atoms with Crippen molar-refractivity contribution in [2.45, 2.75) is 13.8 Å². The van der Waals surface area contributed by atoms with Gasteiger partial charge in [0, 0.05) is 13.2 Å². The van der Waals surface area contributed by atoms with Gasteiger partial charge < -0.3 is 4.74 Å². The van der Waals surface area contributed by atoms with Gasteiger partial charge >= 0.3 is 24.4 Å². The van der Waals surface area contributed by atoms with E-state index in [9.17, 15) is 0 Å². The van der Waals surface area contributed by atoms with Gasteiger partial charge in [0.05, 0.1) is 0 Å². The molecule has 0 spiro atoms. The van der Waals surface area contributed by atoms with Gasteiger partial charge in [0.1, 0.15) is 0 Å². The quantitative estimate of drug-likeness (QED) is 0.589. The van der Waals surface area contributed by atoms with Gasteiger partial charge in [-0.2, -0.15) is 0 Å². The van der Waals surface area contributed by atoms with Gasteiger partial charge in [-0.05, 0) is 13.8 Å². The molecule has 0 aliphatic carbocycles. The van der Waals surface area contributed by atoms with Crippen LogP contribution in [0, 0.1) is 0 Å². The smallest absolute Gasteiger partial charge is 0.382 e. The Labute approximate surface area is 56.5 Å². The van der Waals surface area contributed by atoms with Gasteiger partial charge in [-0.25, -0.2) is 0 Å². The van der Waals surface area contributed by atoms with Crippen LogP contribution in [-0.2, 0) is 4.74 Å². The zero-order valence-corrected chi connectivity index (χ0v) is 6.82. The van der Waals surface area contributed by atoms with Crippen LogP contribution in [0.15, 0.2) is 0 Å². The molecule has 0 bridgehead atoms. The number of ether oxygens (including phenoxy) is 1. The summed E-state index contributed by atoms with van der Waals surface area (Å²) in [6.45, 7) is 5.67. The molecule has 0 heterocycles. The third-order valence-electron chi connectivity index (χ3n) is 0.408. The minimum atomic E-state index is 0. The Balaban J connectivity index is 0. The van der Waals surface area contributed by atoms with Crippen molar-refractivity contribution in [3.8, 4) is 0 Å². The molecule has 0 fully saturated rings. The number of hydrogen-bond donors (Lipinski definition) is 0. The maximum Gasteiger partial charge on any atom is 3.00 e. The summed E-state index contributed by atoms with van der Waals surface area (Å²) < 4.78 is 4.83. The third-order valence-corrected chi connectivity index (χ3v) is 0.408. The van der Waals surface area contributed by atoms with Crippen molar-refractivity contribution < 1.29 is 4.74 Å². The topological polar surface area (TPSA) is 9.23 Å². The zero-order chi connectivity index (χ0) is 4.12. The molecule has 0 aromatic carbocycles. The van der Waals surface area contributed by atoms with Crippen molar-refractivity contribution in [2.75, 3.05) is 13.2 Å². The molecule has 0 atom stereocenters. The fourth-order valence-electron chi connectivity index (χ4n) is 0.204. The van der Waals surface area contributed by atoms with Crippen LogP contribution in [-0.4, -0.2) is 37.6 Å². The molecule has 1 nitrogen and oxygen atoms in total. The molecule has 2 radical (unpaired) electrons.